The van der Waals surface area contributed by atoms with Crippen LogP contribution in [0.25, 0.3) is 0 Å². The molecule has 1 aliphatic rings. The van der Waals surface area contributed by atoms with Crippen molar-refractivity contribution in [3.8, 4) is 0 Å². The van der Waals surface area contributed by atoms with Crippen LogP contribution in [-0.4, -0.2) is 43.8 Å². The van der Waals surface area contributed by atoms with E-state index in [-0.39, 0.29) is 5.60 Å². The third-order valence-corrected chi connectivity index (χ3v) is 2.42. The summed E-state index contributed by atoms with van der Waals surface area (Å²) in [5, 5.41) is 0. The number of ether oxygens (including phenoxy) is 1. The van der Waals surface area contributed by atoms with Crippen LogP contribution in [0.2, 0.25) is 0 Å². The summed E-state index contributed by atoms with van der Waals surface area (Å²) in [4.78, 5) is 2.24. The second kappa shape index (κ2) is 4.21. The molecular formula is C9H20N2O. The Morgan fingerprint density at radius 2 is 2.33 bits per heavy atom. The normalized spacial score (nSPS) is 30.0. The molecule has 2 N–H and O–H groups in total. The Bertz CT molecular complexity index is 132. The van der Waals surface area contributed by atoms with Crippen LogP contribution in [0.1, 0.15) is 19.8 Å². The van der Waals surface area contributed by atoms with Crippen LogP contribution in [0.15, 0.2) is 0 Å². The first-order valence-corrected chi connectivity index (χ1v) is 4.69. The SMILES string of the molecule is CN(CCN)CC1(C)CCCO1. The van der Waals surface area contributed by atoms with Gasteiger partial charge in [0, 0.05) is 26.2 Å². The van der Waals surface area contributed by atoms with E-state index in [9.17, 15) is 0 Å². The molecule has 0 aromatic carbocycles. The maximum atomic E-state index is 5.67. The Kier molecular flexibility index (Phi) is 3.50. The van der Waals surface area contributed by atoms with E-state index in [1.54, 1.807) is 0 Å². The van der Waals surface area contributed by atoms with Gasteiger partial charge >= 0.3 is 0 Å². The Morgan fingerprint density at radius 3 is 2.83 bits per heavy atom. The molecule has 0 radical (unpaired) electrons. The maximum Gasteiger partial charge on any atom is 0.0781 e. The molecule has 1 rings (SSSR count). The Labute approximate surface area is 74.9 Å². The van der Waals surface area contributed by atoms with Crippen LogP contribution in [0, 0.1) is 0 Å². The molecule has 0 bridgehead atoms. The molecule has 1 fully saturated rings. The number of hydrogen-bond acceptors (Lipinski definition) is 3. The van der Waals surface area contributed by atoms with E-state index < -0.39 is 0 Å². The van der Waals surface area contributed by atoms with Gasteiger partial charge in [0.15, 0.2) is 0 Å². The topological polar surface area (TPSA) is 38.5 Å². The summed E-state index contributed by atoms with van der Waals surface area (Å²) in [5.41, 5.74) is 5.55. The first-order chi connectivity index (χ1) is 5.66. The standard InChI is InChI=1S/C9H20N2O/c1-9(4-3-7-12-9)8-11(2)6-5-10/h3-8,10H2,1-2H3. The first-order valence-electron chi connectivity index (χ1n) is 4.69. The van der Waals surface area contributed by atoms with Crippen LogP contribution in [0.5, 0.6) is 0 Å². The molecule has 3 nitrogen and oxygen atoms in total. The summed E-state index contributed by atoms with van der Waals surface area (Å²) in [6.07, 6.45) is 2.38. The maximum absolute atomic E-state index is 5.67. The summed E-state index contributed by atoms with van der Waals surface area (Å²) in [6.45, 7) is 5.80. The minimum absolute atomic E-state index is 0.0872. The van der Waals surface area contributed by atoms with E-state index in [1.807, 2.05) is 0 Å². The van der Waals surface area contributed by atoms with E-state index in [1.165, 1.54) is 12.8 Å². The summed E-state index contributed by atoms with van der Waals surface area (Å²) in [7, 11) is 2.10. The number of rotatable bonds is 4. The minimum atomic E-state index is 0.0872. The quantitative estimate of drug-likeness (QED) is 0.669. The predicted molar refractivity (Wildman–Crippen MR) is 50.1 cm³/mol. The van der Waals surface area contributed by atoms with Gasteiger partial charge in [0.1, 0.15) is 0 Å². The molecule has 1 atom stereocenters. The fourth-order valence-electron chi connectivity index (χ4n) is 1.83. The second-order valence-corrected chi connectivity index (χ2v) is 3.93. The molecule has 1 heterocycles. The highest BCUT2D eigenvalue weighted by molar-refractivity contribution is 4.82. The Balaban J connectivity index is 2.28. The van der Waals surface area contributed by atoms with Crippen molar-refractivity contribution in [2.45, 2.75) is 25.4 Å². The van der Waals surface area contributed by atoms with E-state index in [4.69, 9.17) is 10.5 Å². The van der Waals surface area contributed by atoms with Crippen LogP contribution < -0.4 is 5.73 Å². The molecule has 0 aliphatic carbocycles. The van der Waals surface area contributed by atoms with E-state index >= 15 is 0 Å². The van der Waals surface area contributed by atoms with Crippen molar-refractivity contribution in [3.05, 3.63) is 0 Å². The van der Waals surface area contributed by atoms with E-state index in [0.717, 1.165) is 26.2 Å². The molecular weight excluding hydrogens is 152 g/mol. The minimum Gasteiger partial charge on any atom is -0.374 e. The Morgan fingerprint density at radius 1 is 1.58 bits per heavy atom. The second-order valence-electron chi connectivity index (χ2n) is 3.93. The van der Waals surface area contributed by atoms with Crippen molar-refractivity contribution in [1.82, 2.24) is 4.90 Å². The van der Waals surface area contributed by atoms with Crippen molar-refractivity contribution in [2.24, 2.45) is 5.73 Å². The molecule has 12 heavy (non-hydrogen) atoms. The lowest BCUT2D eigenvalue weighted by atomic mass is 10.0. The van der Waals surface area contributed by atoms with E-state index in [2.05, 4.69) is 18.9 Å². The van der Waals surface area contributed by atoms with Gasteiger partial charge in [0.2, 0.25) is 0 Å². The van der Waals surface area contributed by atoms with Crippen molar-refractivity contribution in [2.75, 3.05) is 33.3 Å². The smallest absolute Gasteiger partial charge is 0.0781 e. The summed E-state index contributed by atoms with van der Waals surface area (Å²) >= 11 is 0. The molecule has 1 aliphatic heterocycles. The molecule has 0 amide bonds. The monoisotopic (exact) mass is 172 g/mol. The number of nitrogens with two attached hydrogens (primary N) is 1. The molecule has 0 aromatic rings. The van der Waals surface area contributed by atoms with Gasteiger partial charge in [0.05, 0.1) is 5.60 Å². The van der Waals surface area contributed by atoms with Crippen LogP contribution in [-0.2, 0) is 4.74 Å². The zero-order valence-electron chi connectivity index (χ0n) is 8.18. The van der Waals surface area contributed by atoms with Gasteiger partial charge in [-0.1, -0.05) is 0 Å². The van der Waals surface area contributed by atoms with Crippen molar-refractivity contribution < 1.29 is 4.74 Å². The van der Waals surface area contributed by atoms with Gasteiger partial charge in [0.25, 0.3) is 0 Å². The largest absolute Gasteiger partial charge is 0.374 e. The molecule has 1 saturated heterocycles. The lowest BCUT2D eigenvalue weighted by molar-refractivity contribution is -0.00286. The third-order valence-electron chi connectivity index (χ3n) is 2.42. The van der Waals surface area contributed by atoms with Gasteiger partial charge in [-0.15, -0.1) is 0 Å². The van der Waals surface area contributed by atoms with Gasteiger partial charge in [-0.3, -0.25) is 0 Å². The number of hydrogen-bond donors (Lipinski definition) is 1. The highest BCUT2D eigenvalue weighted by Gasteiger charge is 2.30. The molecule has 3 heteroatoms. The number of nitrogens with zero attached hydrogens (tertiary/aromatic N) is 1. The Hall–Kier alpha value is -0.120. The van der Waals surface area contributed by atoms with Gasteiger partial charge in [-0.25, -0.2) is 0 Å². The summed E-state index contributed by atoms with van der Waals surface area (Å²) in [6, 6.07) is 0. The zero-order chi connectivity index (χ0) is 9.03. The average Bonchev–Trinajstić information content (AvgIpc) is 2.36. The lowest BCUT2D eigenvalue weighted by Crippen LogP contribution is -2.40. The highest BCUT2D eigenvalue weighted by Crippen LogP contribution is 2.25. The van der Waals surface area contributed by atoms with Gasteiger partial charge in [-0.05, 0) is 26.8 Å². The van der Waals surface area contributed by atoms with Gasteiger partial charge in [-0.2, -0.15) is 0 Å². The van der Waals surface area contributed by atoms with Crippen LogP contribution in [0.3, 0.4) is 0 Å². The fraction of sp³-hybridized carbons (Fsp3) is 1.00. The fourth-order valence-corrected chi connectivity index (χ4v) is 1.83. The average molecular weight is 172 g/mol. The van der Waals surface area contributed by atoms with Crippen LogP contribution >= 0.6 is 0 Å². The molecule has 1 unspecified atom stereocenters. The number of likely N-dealkylation sites (N-methyl/N-ethyl adjacent to an activating group) is 1. The summed E-state index contributed by atoms with van der Waals surface area (Å²) in [5.74, 6) is 0. The predicted octanol–water partition coefficient (Wildman–Crippen LogP) is 0.446. The lowest BCUT2D eigenvalue weighted by Gasteiger charge is -2.28. The van der Waals surface area contributed by atoms with Crippen LogP contribution in [0.4, 0.5) is 0 Å². The summed E-state index contributed by atoms with van der Waals surface area (Å²) < 4.78 is 5.67. The van der Waals surface area contributed by atoms with Crippen molar-refractivity contribution >= 4 is 0 Å². The molecule has 0 spiro atoms. The molecule has 0 saturated carbocycles. The van der Waals surface area contributed by atoms with Crippen molar-refractivity contribution in [1.29, 1.82) is 0 Å². The van der Waals surface area contributed by atoms with Gasteiger partial charge < -0.3 is 15.4 Å². The van der Waals surface area contributed by atoms with Crippen molar-refractivity contribution in [3.63, 3.8) is 0 Å². The highest BCUT2D eigenvalue weighted by atomic mass is 16.5. The third kappa shape index (κ3) is 2.73. The zero-order valence-corrected chi connectivity index (χ0v) is 8.18. The molecule has 0 aromatic heterocycles. The van der Waals surface area contributed by atoms with E-state index in [0.29, 0.717) is 0 Å². The first kappa shape index (κ1) is 9.96. The molecule has 72 valence electrons.